The van der Waals surface area contributed by atoms with E-state index in [1.807, 2.05) is 30.1 Å². The van der Waals surface area contributed by atoms with E-state index in [9.17, 15) is 0 Å². The topological polar surface area (TPSA) is 29.3 Å². The lowest BCUT2D eigenvalue weighted by molar-refractivity contribution is 0.382. The maximum absolute atomic E-state index is 5.69. The normalized spacial score (nSPS) is 11.4. The molecule has 0 bridgehead atoms. The van der Waals surface area contributed by atoms with Gasteiger partial charge in [0.2, 0.25) is 0 Å². The van der Waals surface area contributed by atoms with Crippen molar-refractivity contribution in [2.45, 2.75) is 6.54 Å². The van der Waals surface area contributed by atoms with Gasteiger partial charge in [0.25, 0.3) is 0 Å². The summed E-state index contributed by atoms with van der Waals surface area (Å²) in [5.74, 6) is 0. The molecule has 1 aromatic carbocycles. The van der Waals surface area contributed by atoms with Crippen LogP contribution in [-0.2, 0) is 6.54 Å². The number of aromatic nitrogens is 1. The first-order chi connectivity index (χ1) is 6.79. The molecule has 14 heavy (non-hydrogen) atoms. The Morgan fingerprint density at radius 3 is 3.14 bits per heavy atom. The SMILES string of the molecule is CN(CCl)Cc1ccc2ncoc2c1. The van der Waals surface area contributed by atoms with Crippen LogP contribution >= 0.6 is 11.6 Å². The Balaban J connectivity index is 2.25. The van der Waals surface area contributed by atoms with Crippen molar-refractivity contribution in [3.05, 3.63) is 30.2 Å². The highest BCUT2D eigenvalue weighted by molar-refractivity contribution is 6.17. The number of nitrogens with zero attached hydrogens (tertiary/aromatic N) is 2. The fourth-order valence-corrected chi connectivity index (χ4v) is 1.44. The van der Waals surface area contributed by atoms with Crippen LogP contribution in [0.1, 0.15) is 5.56 Å². The Kier molecular flexibility index (Phi) is 2.70. The van der Waals surface area contributed by atoms with E-state index >= 15 is 0 Å². The molecule has 0 saturated carbocycles. The number of oxazole rings is 1. The molecule has 4 heteroatoms. The first-order valence-electron chi connectivity index (χ1n) is 4.36. The molecule has 0 aliphatic carbocycles. The van der Waals surface area contributed by atoms with Crippen LogP contribution in [0, 0.1) is 0 Å². The van der Waals surface area contributed by atoms with Crippen molar-refractivity contribution < 1.29 is 4.42 Å². The van der Waals surface area contributed by atoms with Crippen molar-refractivity contribution in [2.24, 2.45) is 0 Å². The Morgan fingerprint density at radius 1 is 1.50 bits per heavy atom. The first-order valence-corrected chi connectivity index (χ1v) is 4.89. The van der Waals surface area contributed by atoms with Gasteiger partial charge in [0.15, 0.2) is 12.0 Å². The van der Waals surface area contributed by atoms with Crippen molar-refractivity contribution in [1.82, 2.24) is 9.88 Å². The number of hydrogen-bond donors (Lipinski definition) is 0. The van der Waals surface area contributed by atoms with Crippen molar-refractivity contribution in [3.8, 4) is 0 Å². The number of hydrogen-bond acceptors (Lipinski definition) is 3. The molecule has 0 aliphatic heterocycles. The summed E-state index contributed by atoms with van der Waals surface area (Å²) in [7, 11) is 1.97. The number of halogens is 1. The quantitative estimate of drug-likeness (QED) is 0.576. The monoisotopic (exact) mass is 210 g/mol. The Morgan fingerprint density at radius 2 is 2.36 bits per heavy atom. The van der Waals surface area contributed by atoms with Gasteiger partial charge in [-0.2, -0.15) is 0 Å². The van der Waals surface area contributed by atoms with Crippen molar-refractivity contribution in [2.75, 3.05) is 13.1 Å². The summed E-state index contributed by atoms with van der Waals surface area (Å²) in [6, 6.07) is 6.50. The van der Waals surface area contributed by atoms with Crippen LogP contribution in [0.5, 0.6) is 0 Å². The zero-order valence-electron chi connectivity index (χ0n) is 7.90. The van der Waals surface area contributed by atoms with E-state index in [0.29, 0.717) is 6.00 Å². The highest BCUT2D eigenvalue weighted by atomic mass is 35.5. The van der Waals surface area contributed by atoms with E-state index in [1.54, 1.807) is 0 Å². The van der Waals surface area contributed by atoms with Gasteiger partial charge in [-0.1, -0.05) is 6.07 Å². The number of rotatable bonds is 3. The molecule has 0 saturated heterocycles. The molecule has 0 N–H and O–H groups in total. The highest BCUT2D eigenvalue weighted by Crippen LogP contribution is 2.15. The van der Waals surface area contributed by atoms with E-state index in [1.165, 1.54) is 12.0 Å². The van der Waals surface area contributed by atoms with Crippen LogP contribution < -0.4 is 0 Å². The third kappa shape index (κ3) is 1.89. The summed E-state index contributed by atoms with van der Waals surface area (Å²) in [5, 5.41) is 0. The molecule has 0 fully saturated rings. The van der Waals surface area contributed by atoms with Gasteiger partial charge in [0, 0.05) is 6.54 Å². The van der Waals surface area contributed by atoms with Crippen LogP contribution in [0.3, 0.4) is 0 Å². The molecule has 1 heterocycles. The summed E-state index contributed by atoms with van der Waals surface area (Å²) < 4.78 is 5.21. The average molecular weight is 211 g/mol. The van der Waals surface area contributed by atoms with Crippen molar-refractivity contribution in [1.29, 1.82) is 0 Å². The van der Waals surface area contributed by atoms with Crippen LogP contribution in [0.25, 0.3) is 11.1 Å². The summed E-state index contributed by atoms with van der Waals surface area (Å²) in [6.45, 7) is 0.820. The Labute approximate surface area is 87.3 Å². The van der Waals surface area contributed by atoms with Gasteiger partial charge >= 0.3 is 0 Å². The lowest BCUT2D eigenvalue weighted by atomic mass is 10.2. The number of alkyl halides is 1. The van der Waals surface area contributed by atoms with E-state index in [0.717, 1.165) is 17.6 Å². The Bertz CT molecular complexity index is 427. The minimum absolute atomic E-state index is 0.522. The Hall–Kier alpha value is -1.06. The molecule has 0 atom stereocenters. The van der Waals surface area contributed by atoms with E-state index in [4.69, 9.17) is 16.0 Å². The average Bonchev–Trinajstić information content (AvgIpc) is 2.64. The summed E-state index contributed by atoms with van der Waals surface area (Å²) >= 11 is 5.69. The molecule has 74 valence electrons. The van der Waals surface area contributed by atoms with Crippen LogP contribution in [0.4, 0.5) is 0 Å². The minimum atomic E-state index is 0.522. The second kappa shape index (κ2) is 3.98. The van der Waals surface area contributed by atoms with Crippen LogP contribution in [0.2, 0.25) is 0 Å². The molecular weight excluding hydrogens is 200 g/mol. The summed E-state index contributed by atoms with van der Waals surface area (Å²) in [5.41, 5.74) is 2.89. The number of fused-ring (bicyclic) bond motifs is 1. The molecule has 0 unspecified atom stereocenters. The lowest BCUT2D eigenvalue weighted by Crippen LogP contribution is -2.15. The molecule has 3 nitrogen and oxygen atoms in total. The highest BCUT2D eigenvalue weighted by Gasteiger charge is 2.02. The van der Waals surface area contributed by atoms with E-state index in [-0.39, 0.29) is 0 Å². The maximum Gasteiger partial charge on any atom is 0.181 e. The lowest BCUT2D eigenvalue weighted by Gasteiger charge is -2.11. The van der Waals surface area contributed by atoms with Gasteiger partial charge < -0.3 is 4.42 Å². The molecule has 0 amide bonds. The predicted molar refractivity (Wildman–Crippen MR) is 56.2 cm³/mol. The maximum atomic E-state index is 5.69. The molecule has 1 aromatic heterocycles. The molecule has 2 aromatic rings. The van der Waals surface area contributed by atoms with Crippen molar-refractivity contribution >= 4 is 22.7 Å². The molecular formula is C10H11ClN2O. The largest absolute Gasteiger partial charge is 0.443 e. The molecule has 0 aliphatic rings. The van der Waals surface area contributed by atoms with Gasteiger partial charge in [-0.25, -0.2) is 4.98 Å². The first kappa shape index (κ1) is 9.49. The van der Waals surface area contributed by atoms with Gasteiger partial charge in [-0.15, -0.1) is 11.6 Å². The van der Waals surface area contributed by atoms with Gasteiger partial charge in [0.1, 0.15) is 5.52 Å². The minimum Gasteiger partial charge on any atom is -0.443 e. The van der Waals surface area contributed by atoms with Crippen LogP contribution in [-0.4, -0.2) is 22.9 Å². The smallest absolute Gasteiger partial charge is 0.181 e. The standard InChI is InChI=1S/C10H11ClN2O/c1-13(6-11)5-8-2-3-9-10(4-8)14-7-12-9/h2-4,7H,5-6H2,1H3. The molecule has 0 spiro atoms. The second-order valence-electron chi connectivity index (χ2n) is 3.29. The van der Waals surface area contributed by atoms with Crippen LogP contribution in [0.15, 0.2) is 29.0 Å². The van der Waals surface area contributed by atoms with Gasteiger partial charge in [-0.05, 0) is 24.7 Å². The fourth-order valence-electron chi connectivity index (χ4n) is 1.35. The predicted octanol–water partition coefficient (Wildman–Crippen LogP) is 2.46. The van der Waals surface area contributed by atoms with E-state index in [2.05, 4.69) is 4.98 Å². The van der Waals surface area contributed by atoms with Gasteiger partial charge in [0.05, 0.1) is 6.00 Å². The zero-order valence-corrected chi connectivity index (χ0v) is 8.66. The fraction of sp³-hybridized carbons (Fsp3) is 0.300. The van der Waals surface area contributed by atoms with Crippen molar-refractivity contribution in [3.63, 3.8) is 0 Å². The number of benzene rings is 1. The zero-order chi connectivity index (χ0) is 9.97. The van der Waals surface area contributed by atoms with E-state index < -0.39 is 0 Å². The second-order valence-corrected chi connectivity index (χ2v) is 3.53. The molecule has 0 radical (unpaired) electrons. The molecule has 2 rings (SSSR count). The van der Waals surface area contributed by atoms with Gasteiger partial charge in [-0.3, -0.25) is 4.90 Å². The third-order valence-corrected chi connectivity index (χ3v) is 2.46. The summed E-state index contributed by atoms with van der Waals surface area (Å²) in [4.78, 5) is 6.07. The third-order valence-electron chi connectivity index (χ3n) is 2.05. The summed E-state index contributed by atoms with van der Waals surface area (Å²) in [6.07, 6.45) is 1.46.